The Hall–Kier alpha value is -3.05. The van der Waals surface area contributed by atoms with Gasteiger partial charge in [-0.2, -0.15) is 0 Å². The standard InChI is InChI=1S/C33H42O5/c1-20(2)14-16-32-19-24(25(34)18-22(5)6)31(7,8)33(30(32)38,17-15-21(3)4)29(37)26(28(32)36)27(35)23-12-10-9-11-13-23/h9-15,18,24-25,34-35H,16-17,19H2,1-8H3/b27-26-/t24-,25?,32+,33-/m0/s1. The molecule has 1 aromatic rings. The molecule has 2 aliphatic carbocycles. The molecule has 2 bridgehead atoms. The summed E-state index contributed by atoms with van der Waals surface area (Å²) in [7, 11) is 0. The Labute approximate surface area is 227 Å². The molecule has 0 spiro atoms. The highest BCUT2D eigenvalue weighted by Crippen LogP contribution is 2.65. The molecule has 0 amide bonds. The SMILES string of the molecule is CC(C)=CC[C@@]12C[C@@H](C(O)C=C(C)C)C(C)(C)[C@@](CC=C(C)C)(C(=O)/C(=C(\O)c3ccccc3)C1=O)C2=O. The zero-order valence-electron chi connectivity index (χ0n) is 24.0. The Bertz CT molecular complexity index is 1250. The van der Waals surface area contributed by atoms with Gasteiger partial charge in [0.05, 0.1) is 11.5 Å². The lowest BCUT2D eigenvalue weighted by Crippen LogP contribution is -2.70. The highest BCUT2D eigenvalue weighted by molar-refractivity contribution is 6.41. The first-order chi connectivity index (χ1) is 17.6. The molecule has 5 heteroatoms. The molecule has 2 N–H and O–H groups in total. The number of aliphatic hydroxyl groups is 2. The summed E-state index contributed by atoms with van der Waals surface area (Å²) in [5.74, 6) is -2.64. The molecule has 4 atom stereocenters. The van der Waals surface area contributed by atoms with Crippen LogP contribution in [-0.2, 0) is 14.4 Å². The van der Waals surface area contributed by atoms with E-state index in [0.717, 1.165) is 16.7 Å². The third-order valence-electron chi connectivity index (χ3n) is 8.57. The number of ketones is 3. The Balaban J connectivity index is 2.47. The van der Waals surface area contributed by atoms with Crippen molar-refractivity contribution in [2.45, 2.75) is 80.8 Å². The highest BCUT2D eigenvalue weighted by atomic mass is 16.3. The van der Waals surface area contributed by atoms with Crippen LogP contribution in [0.15, 0.2) is 70.9 Å². The molecule has 2 saturated carbocycles. The van der Waals surface area contributed by atoms with Crippen LogP contribution in [0.4, 0.5) is 0 Å². The topological polar surface area (TPSA) is 91.7 Å². The van der Waals surface area contributed by atoms with Gasteiger partial charge in [-0.1, -0.05) is 79.1 Å². The van der Waals surface area contributed by atoms with Gasteiger partial charge in [-0.3, -0.25) is 14.4 Å². The molecular weight excluding hydrogens is 476 g/mol. The minimum atomic E-state index is -1.63. The van der Waals surface area contributed by atoms with Gasteiger partial charge in [-0.25, -0.2) is 0 Å². The van der Waals surface area contributed by atoms with E-state index in [4.69, 9.17) is 0 Å². The van der Waals surface area contributed by atoms with E-state index >= 15 is 0 Å². The summed E-state index contributed by atoms with van der Waals surface area (Å²) < 4.78 is 0. The Morgan fingerprint density at radius 3 is 1.97 bits per heavy atom. The van der Waals surface area contributed by atoms with Gasteiger partial charge in [0.25, 0.3) is 0 Å². The molecule has 2 aliphatic rings. The Kier molecular flexibility index (Phi) is 8.24. The van der Waals surface area contributed by atoms with E-state index in [2.05, 4.69) is 0 Å². The first-order valence-electron chi connectivity index (χ1n) is 13.4. The molecule has 0 saturated heterocycles. The molecule has 0 aliphatic heterocycles. The third-order valence-corrected chi connectivity index (χ3v) is 8.57. The van der Waals surface area contributed by atoms with Gasteiger partial charge >= 0.3 is 0 Å². The van der Waals surface area contributed by atoms with Gasteiger partial charge in [0.2, 0.25) is 0 Å². The van der Waals surface area contributed by atoms with E-state index in [1.165, 1.54) is 0 Å². The molecule has 0 aromatic heterocycles. The number of aliphatic hydroxyl groups excluding tert-OH is 2. The van der Waals surface area contributed by atoms with Gasteiger partial charge in [0.1, 0.15) is 16.7 Å². The molecule has 2 fully saturated rings. The predicted octanol–water partition coefficient (Wildman–Crippen LogP) is 6.74. The van der Waals surface area contributed by atoms with Gasteiger partial charge in [0.15, 0.2) is 17.3 Å². The normalized spacial score (nSPS) is 28.3. The van der Waals surface area contributed by atoms with Crippen molar-refractivity contribution >= 4 is 23.1 Å². The number of hydrogen-bond acceptors (Lipinski definition) is 5. The number of carbonyl (C=O) groups excluding carboxylic acids is 3. The molecule has 3 rings (SSSR count). The van der Waals surface area contributed by atoms with Crippen LogP contribution in [-0.4, -0.2) is 33.7 Å². The summed E-state index contributed by atoms with van der Waals surface area (Å²) in [5, 5.41) is 22.8. The van der Waals surface area contributed by atoms with E-state index in [0.29, 0.717) is 5.56 Å². The molecule has 0 radical (unpaired) electrons. The fourth-order valence-corrected chi connectivity index (χ4v) is 6.30. The zero-order valence-corrected chi connectivity index (χ0v) is 24.0. The number of fused-ring (bicyclic) bond motifs is 2. The summed E-state index contributed by atoms with van der Waals surface area (Å²) in [6.07, 6.45) is 4.80. The average Bonchev–Trinajstić information content (AvgIpc) is 2.82. The third kappa shape index (κ3) is 4.66. The lowest BCUT2D eigenvalue weighted by molar-refractivity contribution is -0.180. The van der Waals surface area contributed by atoms with Crippen molar-refractivity contribution in [3.63, 3.8) is 0 Å². The first-order valence-corrected chi connectivity index (χ1v) is 13.4. The van der Waals surface area contributed by atoms with Crippen molar-refractivity contribution in [3.05, 3.63) is 76.4 Å². The van der Waals surface area contributed by atoms with Gasteiger partial charge in [0, 0.05) is 5.56 Å². The Morgan fingerprint density at radius 1 is 0.895 bits per heavy atom. The number of allylic oxidation sites excluding steroid dienone is 6. The average molecular weight is 519 g/mol. The van der Waals surface area contributed by atoms with Gasteiger partial charge < -0.3 is 10.2 Å². The van der Waals surface area contributed by atoms with Crippen LogP contribution in [0, 0.1) is 22.2 Å². The van der Waals surface area contributed by atoms with Crippen LogP contribution in [0.3, 0.4) is 0 Å². The van der Waals surface area contributed by atoms with Gasteiger partial charge in [-0.05, 0) is 72.1 Å². The van der Waals surface area contributed by atoms with E-state index in [1.807, 2.05) is 67.5 Å². The summed E-state index contributed by atoms with van der Waals surface area (Å²) in [4.78, 5) is 43.7. The summed E-state index contributed by atoms with van der Waals surface area (Å²) in [5.41, 5.74) is -1.39. The van der Waals surface area contributed by atoms with Crippen molar-refractivity contribution in [2.24, 2.45) is 22.2 Å². The second-order valence-corrected chi connectivity index (χ2v) is 12.3. The number of hydrogen-bond donors (Lipinski definition) is 2. The first kappa shape index (κ1) is 29.5. The number of benzene rings is 1. The smallest absolute Gasteiger partial charge is 0.184 e. The largest absolute Gasteiger partial charge is 0.506 e. The fraction of sp³-hybridized carbons (Fsp3) is 0.485. The summed E-state index contributed by atoms with van der Waals surface area (Å²) >= 11 is 0. The quantitative estimate of drug-likeness (QED) is 0.137. The number of rotatable bonds is 7. The second-order valence-electron chi connectivity index (χ2n) is 12.3. The van der Waals surface area contributed by atoms with Crippen LogP contribution in [0.25, 0.3) is 5.76 Å². The summed E-state index contributed by atoms with van der Waals surface area (Å²) in [6, 6.07) is 8.53. The van der Waals surface area contributed by atoms with E-state index in [-0.39, 0.29) is 24.8 Å². The van der Waals surface area contributed by atoms with Crippen molar-refractivity contribution in [1.29, 1.82) is 0 Å². The maximum absolute atomic E-state index is 14.7. The van der Waals surface area contributed by atoms with Crippen molar-refractivity contribution in [3.8, 4) is 0 Å². The molecule has 1 unspecified atom stereocenters. The second kappa shape index (κ2) is 10.6. The van der Waals surface area contributed by atoms with Gasteiger partial charge in [-0.15, -0.1) is 0 Å². The van der Waals surface area contributed by atoms with Crippen LogP contribution in [0.1, 0.15) is 80.2 Å². The zero-order chi connectivity index (χ0) is 28.6. The minimum Gasteiger partial charge on any atom is -0.506 e. The van der Waals surface area contributed by atoms with Crippen LogP contribution < -0.4 is 0 Å². The maximum Gasteiger partial charge on any atom is 0.184 e. The summed E-state index contributed by atoms with van der Waals surface area (Å²) in [6.45, 7) is 15.1. The lowest BCUT2D eigenvalue weighted by atomic mass is 9.38. The molecule has 38 heavy (non-hydrogen) atoms. The van der Waals surface area contributed by atoms with Crippen LogP contribution in [0.2, 0.25) is 0 Å². The number of carbonyl (C=O) groups is 3. The van der Waals surface area contributed by atoms with Crippen molar-refractivity contribution in [2.75, 3.05) is 0 Å². The molecule has 0 heterocycles. The highest BCUT2D eigenvalue weighted by Gasteiger charge is 2.74. The minimum absolute atomic E-state index is 0.0851. The Morgan fingerprint density at radius 2 is 1.45 bits per heavy atom. The molecule has 5 nitrogen and oxygen atoms in total. The molecule has 204 valence electrons. The van der Waals surface area contributed by atoms with E-state index < -0.39 is 51.4 Å². The molecular formula is C33H42O5. The molecule has 1 aromatic carbocycles. The van der Waals surface area contributed by atoms with Crippen molar-refractivity contribution in [1.82, 2.24) is 0 Å². The van der Waals surface area contributed by atoms with E-state index in [9.17, 15) is 24.6 Å². The van der Waals surface area contributed by atoms with Crippen LogP contribution in [0.5, 0.6) is 0 Å². The van der Waals surface area contributed by atoms with E-state index in [1.54, 1.807) is 36.4 Å². The fourth-order valence-electron chi connectivity index (χ4n) is 6.30. The van der Waals surface area contributed by atoms with Crippen LogP contribution >= 0.6 is 0 Å². The maximum atomic E-state index is 14.7. The lowest BCUT2D eigenvalue weighted by Gasteiger charge is -2.60. The monoisotopic (exact) mass is 518 g/mol. The predicted molar refractivity (Wildman–Crippen MR) is 151 cm³/mol. The van der Waals surface area contributed by atoms with Crippen molar-refractivity contribution < 1.29 is 24.6 Å². The number of Topliss-reactive ketones (excluding diaryl/α,β-unsaturated/α-hetero) is 3.